The number of carbonyl (C=O) groups excluding carboxylic acids is 1. The Kier molecular flexibility index (Phi) is 6.89. The second-order valence-electron chi connectivity index (χ2n) is 6.49. The van der Waals surface area contributed by atoms with Gasteiger partial charge in [-0.15, -0.1) is 0 Å². The Morgan fingerprint density at radius 1 is 0.893 bits per heavy atom. The molecule has 1 amide bonds. The molecular formula is C19H19Cl3N2O3S. The smallest absolute Gasteiger partial charge is 0.243 e. The van der Waals surface area contributed by atoms with Gasteiger partial charge >= 0.3 is 0 Å². The Balaban J connectivity index is 1.56. The van der Waals surface area contributed by atoms with Crippen LogP contribution in [0.4, 0.5) is 0 Å². The molecule has 3 rings (SSSR count). The molecule has 5 nitrogen and oxygen atoms in total. The average molecular weight is 462 g/mol. The second kappa shape index (κ2) is 9.01. The summed E-state index contributed by atoms with van der Waals surface area (Å²) in [5, 5.41) is 1.16. The van der Waals surface area contributed by atoms with Crippen molar-refractivity contribution >= 4 is 50.7 Å². The third kappa shape index (κ3) is 4.99. The Morgan fingerprint density at radius 2 is 1.54 bits per heavy atom. The molecule has 0 bridgehead atoms. The van der Waals surface area contributed by atoms with Crippen molar-refractivity contribution in [3.8, 4) is 0 Å². The highest BCUT2D eigenvalue weighted by Crippen LogP contribution is 2.27. The first kappa shape index (κ1) is 21.4. The molecule has 1 saturated heterocycles. The number of nitrogens with zero attached hydrogens (tertiary/aromatic N) is 2. The van der Waals surface area contributed by atoms with Gasteiger partial charge < -0.3 is 4.90 Å². The fourth-order valence-electron chi connectivity index (χ4n) is 3.02. The van der Waals surface area contributed by atoms with E-state index < -0.39 is 10.0 Å². The van der Waals surface area contributed by atoms with Crippen LogP contribution in [0.2, 0.25) is 15.1 Å². The minimum atomic E-state index is -3.67. The monoisotopic (exact) mass is 460 g/mol. The maximum Gasteiger partial charge on any atom is 0.243 e. The van der Waals surface area contributed by atoms with Gasteiger partial charge in [-0.3, -0.25) is 4.79 Å². The van der Waals surface area contributed by atoms with E-state index in [2.05, 4.69) is 0 Å². The summed E-state index contributed by atoms with van der Waals surface area (Å²) in [5.74, 6) is 0.0153. The lowest BCUT2D eigenvalue weighted by Gasteiger charge is -2.34. The molecule has 0 unspecified atom stereocenters. The number of rotatable bonds is 5. The number of halogens is 3. The van der Waals surface area contributed by atoms with Crippen molar-refractivity contribution in [2.24, 2.45) is 0 Å². The van der Waals surface area contributed by atoms with Crippen LogP contribution >= 0.6 is 34.8 Å². The topological polar surface area (TPSA) is 57.7 Å². The zero-order valence-electron chi connectivity index (χ0n) is 14.9. The molecule has 0 atom stereocenters. The summed E-state index contributed by atoms with van der Waals surface area (Å²) in [5.41, 5.74) is 1.04. The van der Waals surface area contributed by atoms with Crippen molar-refractivity contribution in [2.75, 3.05) is 26.2 Å². The van der Waals surface area contributed by atoms with Crippen molar-refractivity contribution in [1.82, 2.24) is 9.21 Å². The van der Waals surface area contributed by atoms with Crippen molar-refractivity contribution in [2.45, 2.75) is 17.7 Å². The van der Waals surface area contributed by atoms with Gasteiger partial charge in [0.25, 0.3) is 0 Å². The Bertz CT molecular complexity index is 957. The van der Waals surface area contributed by atoms with Crippen LogP contribution in [0.5, 0.6) is 0 Å². The van der Waals surface area contributed by atoms with Crippen LogP contribution in [0.3, 0.4) is 0 Å². The molecule has 0 aliphatic carbocycles. The van der Waals surface area contributed by atoms with Crippen LogP contribution in [0.25, 0.3) is 0 Å². The summed E-state index contributed by atoms with van der Waals surface area (Å²) in [4.78, 5) is 14.3. The van der Waals surface area contributed by atoms with E-state index in [-0.39, 0.29) is 28.9 Å². The lowest BCUT2D eigenvalue weighted by molar-refractivity contribution is -0.132. The van der Waals surface area contributed by atoms with E-state index in [9.17, 15) is 13.2 Å². The second-order valence-corrected chi connectivity index (χ2v) is 9.68. The number of piperazine rings is 1. The Morgan fingerprint density at radius 3 is 2.14 bits per heavy atom. The van der Waals surface area contributed by atoms with Gasteiger partial charge in [0.05, 0.1) is 14.9 Å². The van der Waals surface area contributed by atoms with Gasteiger partial charge in [0.15, 0.2) is 0 Å². The standard InChI is InChI=1S/C19H19Cl3N2O3S/c20-15-4-1-14(2-5-15)3-8-19(25)23-9-11-24(12-10-23)28(26,27)16-6-7-17(21)18(22)13-16/h1-2,4-7,13H,3,8-12H2. The molecule has 1 fully saturated rings. The minimum absolute atomic E-state index is 0.0153. The van der Waals surface area contributed by atoms with Crippen molar-refractivity contribution in [3.05, 3.63) is 63.1 Å². The Labute approximate surface area is 179 Å². The number of sulfonamides is 1. The summed E-state index contributed by atoms with van der Waals surface area (Å²) in [7, 11) is -3.67. The summed E-state index contributed by atoms with van der Waals surface area (Å²) in [6.45, 7) is 1.21. The molecular weight excluding hydrogens is 443 g/mol. The number of carbonyl (C=O) groups is 1. The molecule has 0 saturated carbocycles. The van der Waals surface area contributed by atoms with Crippen molar-refractivity contribution < 1.29 is 13.2 Å². The quantitative estimate of drug-likeness (QED) is 0.673. The molecule has 0 radical (unpaired) electrons. The molecule has 9 heteroatoms. The van der Waals surface area contributed by atoms with Gasteiger partial charge in [-0.25, -0.2) is 8.42 Å². The lowest BCUT2D eigenvalue weighted by Crippen LogP contribution is -2.50. The zero-order valence-corrected chi connectivity index (χ0v) is 18.0. The molecule has 1 heterocycles. The van der Waals surface area contributed by atoms with E-state index in [1.165, 1.54) is 22.5 Å². The van der Waals surface area contributed by atoms with Crippen LogP contribution in [0.15, 0.2) is 47.4 Å². The fourth-order valence-corrected chi connectivity index (χ4v) is 4.96. The molecule has 150 valence electrons. The Hall–Kier alpha value is -1.31. The van der Waals surface area contributed by atoms with Gasteiger partial charge in [0, 0.05) is 37.6 Å². The summed E-state index contributed by atoms with van der Waals surface area (Å²) >= 11 is 17.7. The average Bonchev–Trinajstić information content (AvgIpc) is 2.69. The van der Waals surface area contributed by atoms with Crippen molar-refractivity contribution in [3.63, 3.8) is 0 Å². The largest absolute Gasteiger partial charge is 0.340 e. The van der Waals surface area contributed by atoms with Gasteiger partial charge in [-0.05, 0) is 42.3 Å². The van der Waals surface area contributed by atoms with Crippen LogP contribution in [0.1, 0.15) is 12.0 Å². The van der Waals surface area contributed by atoms with Crippen molar-refractivity contribution in [1.29, 1.82) is 0 Å². The van der Waals surface area contributed by atoms with Gasteiger partial charge in [-0.1, -0.05) is 46.9 Å². The number of amides is 1. The normalized spacial score (nSPS) is 15.6. The van der Waals surface area contributed by atoms with Crippen LogP contribution < -0.4 is 0 Å². The number of hydrogen-bond acceptors (Lipinski definition) is 3. The van der Waals surface area contributed by atoms with E-state index in [0.717, 1.165) is 5.56 Å². The molecule has 1 aliphatic rings. The van der Waals surface area contributed by atoms with Crippen LogP contribution in [-0.2, 0) is 21.2 Å². The molecule has 0 N–H and O–H groups in total. The highest BCUT2D eigenvalue weighted by Gasteiger charge is 2.30. The van der Waals surface area contributed by atoms with Gasteiger partial charge in [-0.2, -0.15) is 4.31 Å². The molecule has 2 aromatic carbocycles. The third-order valence-electron chi connectivity index (χ3n) is 4.66. The van der Waals surface area contributed by atoms with E-state index in [1.807, 2.05) is 12.1 Å². The zero-order chi connectivity index (χ0) is 20.3. The number of hydrogen-bond donors (Lipinski definition) is 0. The highest BCUT2D eigenvalue weighted by atomic mass is 35.5. The summed E-state index contributed by atoms with van der Waals surface area (Å²) < 4.78 is 26.9. The molecule has 0 spiro atoms. The summed E-state index contributed by atoms with van der Waals surface area (Å²) in [6.07, 6.45) is 0.999. The van der Waals surface area contributed by atoms with Crippen LogP contribution in [0, 0.1) is 0 Å². The molecule has 28 heavy (non-hydrogen) atoms. The van der Waals surface area contributed by atoms with Gasteiger partial charge in [0.1, 0.15) is 0 Å². The lowest BCUT2D eigenvalue weighted by atomic mass is 10.1. The molecule has 0 aromatic heterocycles. The first-order valence-corrected chi connectivity index (χ1v) is 11.3. The predicted octanol–water partition coefficient (Wildman–Crippen LogP) is 4.11. The third-order valence-corrected chi connectivity index (χ3v) is 7.55. The van der Waals surface area contributed by atoms with Crippen LogP contribution in [-0.4, -0.2) is 49.7 Å². The van der Waals surface area contributed by atoms with E-state index in [1.54, 1.807) is 17.0 Å². The first-order chi connectivity index (χ1) is 13.3. The molecule has 1 aliphatic heterocycles. The van der Waals surface area contributed by atoms with Gasteiger partial charge in [0.2, 0.25) is 15.9 Å². The SMILES string of the molecule is O=C(CCc1ccc(Cl)cc1)N1CCN(S(=O)(=O)c2ccc(Cl)c(Cl)c2)CC1. The maximum absolute atomic E-state index is 12.8. The maximum atomic E-state index is 12.8. The van der Waals surface area contributed by atoms with E-state index >= 15 is 0 Å². The van der Waals surface area contributed by atoms with E-state index in [0.29, 0.717) is 36.0 Å². The first-order valence-electron chi connectivity index (χ1n) is 8.75. The fraction of sp³-hybridized carbons (Fsp3) is 0.316. The highest BCUT2D eigenvalue weighted by molar-refractivity contribution is 7.89. The van der Waals surface area contributed by atoms with E-state index in [4.69, 9.17) is 34.8 Å². The predicted molar refractivity (Wildman–Crippen MR) is 112 cm³/mol. The minimum Gasteiger partial charge on any atom is -0.340 e. The number of aryl methyl sites for hydroxylation is 1. The molecule has 2 aromatic rings. The number of benzene rings is 2. The summed E-state index contributed by atoms with van der Waals surface area (Å²) in [6, 6.07) is 11.7.